The second-order valence-electron chi connectivity index (χ2n) is 7.53. The zero-order chi connectivity index (χ0) is 22.3. The fourth-order valence-electron chi connectivity index (χ4n) is 3.75. The number of anilines is 2. The van der Waals surface area contributed by atoms with Crippen molar-refractivity contribution in [3.05, 3.63) is 54.2 Å². The van der Waals surface area contributed by atoms with Gasteiger partial charge >= 0.3 is 6.18 Å². The van der Waals surface area contributed by atoms with E-state index >= 15 is 0 Å². The molecular formula is C21H20F3N7O. The fourth-order valence-corrected chi connectivity index (χ4v) is 3.75. The third-order valence-electron chi connectivity index (χ3n) is 5.41. The minimum absolute atomic E-state index is 0.264. The van der Waals surface area contributed by atoms with Crippen molar-refractivity contribution in [2.24, 2.45) is 0 Å². The minimum Gasteiger partial charge on any atom is -0.378 e. The van der Waals surface area contributed by atoms with Crippen LogP contribution in [0, 0.1) is 0 Å². The molecule has 1 aliphatic rings. The Morgan fingerprint density at radius 3 is 2.72 bits per heavy atom. The number of nitrogens with zero attached hydrogens (tertiary/aromatic N) is 6. The molecule has 1 saturated heterocycles. The summed E-state index contributed by atoms with van der Waals surface area (Å²) in [6, 6.07) is 5.28. The molecule has 32 heavy (non-hydrogen) atoms. The molecule has 8 nitrogen and oxygen atoms in total. The van der Waals surface area contributed by atoms with Gasteiger partial charge in [0.25, 0.3) is 0 Å². The summed E-state index contributed by atoms with van der Waals surface area (Å²) in [5, 5.41) is 4.01. The van der Waals surface area contributed by atoms with Crippen molar-refractivity contribution >= 4 is 28.3 Å². The molecule has 0 saturated carbocycles. The highest BCUT2D eigenvalue weighted by Gasteiger charge is 2.32. The summed E-state index contributed by atoms with van der Waals surface area (Å²) in [4.78, 5) is 19.4. The number of hydrogen-bond acceptors (Lipinski definition) is 7. The second-order valence-corrected chi connectivity index (χ2v) is 7.53. The van der Waals surface area contributed by atoms with Crippen LogP contribution >= 0.6 is 0 Å². The summed E-state index contributed by atoms with van der Waals surface area (Å²) in [6.45, 7) is 4.46. The monoisotopic (exact) mass is 443 g/mol. The zero-order valence-electron chi connectivity index (χ0n) is 17.2. The fraction of sp³-hybridized carbons (Fsp3) is 0.333. The Morgan fingerprint density at radius 1 is 1.12 bits per heavy atom. The van der Waals surface area contributed by atoms with Crippen LogP contribution in [0.4, 0.5) is 24.8 Å². The number of hydrogen-bond donors (Lipinski definition) is 1. The summed E-state index contributed by atoms with van der Waals surface area (Å²) in [5.41, 5.74) is 0.126. The Kier molecular flexibility index (Phi) is 5.04. The first kappa shape index (κ1) is 20.4. The van der Waals surface area contributed by atoms with Crippen LogP contribution in [0.15, 0.2) is 42.9 Å². The number of halogens is 3. The average molecular weight is 443 g/mol. The lowest BCUT2D eigenvalue weighted by Gasteiger charge is -2.28. The molecule has 0 amide bonds. The maximum atomic E-state index is 13.1. The molecule has 1 atom stereocenters. The van der Waals surface area contributed by atoms with E-state index in [9.17, 15) is 13.2 Å². The first-order valence-corrected chi connectivity index (χ1v) is 10.2. The Balaban J connectivity index is 1.55. The molecule has 0 aromatic carbocycles. The van der Waals surface area contributed by atoms with Crippen LogP contribution in [-0.2, 0) is 10.9 Å². The number of aromatic nitrogens is 5. The maximum absolute atomic E-state index is 13.1. The van der Waals surface area contributed by atoms with Crippen molar-refractivity contribution in [2.45, 2.75) is 19.1 Å². The first-order valence-electron chi connectivity index (χ1n) is 10.2. The first-order chi connectivity index (χ1) is 15.4. The van der Waals surface area contributed by atoms with Crippen molar-refractivity contribution in [1.29, 1.82) is 0 Å². The van der Waals surface area contributed by atoms with Gasteiger partial charge in [-0.25, -0.2) is 15.0 Å². The van der Waals surface area contributed by atoms with E-state index in [2.05, 4.69) is 30.2 Å². The van der Waals surface area contributed by atoms with E-state index in [0.717, 1.165) is 35.9 Å². The molecule has 0 spiro atoms. The van der Waals surface area contributed by atoms with Crippen LogP contribution < -0.4 is 10.2 Å². The number of rotatable bonds is 4. The highest BCUT2D eigenvalue weighted by molar-refractivity contribution is 5.92. The summed E-state index contributed by atoms with van der Waals surface area (Å²) >= 11 is 0. The van der Waals surface area contributed by atoms with Crippen LogP contribution in [0.25, 0.3) is 16.7 Å². The van der Waals surface area contributed by atoms with Crippen LogP contribution in [0.3, 0.4) is 0 Å². The van der Waals surface area contributed by atoms with Gasteiger partial charge in [0.15, 0.2) is 0 Å². The van der Waals surface area contributed by atoms with Gasteiger partial charge in [-0.05, 0) is 25.1 Å². The molecule has 5 heterocycles. The lowest BCUT2D eigenvalue weighted by atomic mass is 10.2. The Bertz CT molecular complexity index is 1270. The van der Waals surface area contributed by atoms with E-state index in [1.165, 1.54) is 6.07 Å². The van der Waals surface area contributed by atoms with Gasteiger partial charge in [0.1, 0.15) is 17.3 Å². The average Bonchev–Trinajstić information content (AvgIpc) is 3.27. The quantitative estimate of drug-likeness (QED) is 0.515. The van der Waals surface area contributed by atoms with Crippen LogP contribution in [-0.4, -0.2) is 50.6 Å². The van der Waals surface area contributed by atoms with Gasteiger partial charge < -0.3 is 15.0 Å². The van der Waals surface area contributed by atoms with Crippen molar-refractivity contribution in [3.63, 3.8) is 0 Å². The molecule has 5 rings (SSSR count). The number of morpholine rings is 1. The standard InChI is InChI=1S/C21H20F3N7O/c1-13(15-3-2-4-17(28-15)21(22,23)24)27-19-14-11-18(30-7-9-32-10-8-30)26-12-16(14)31-6-5-25-20(31)29-19/h2-6,11-13H,7-10H2,1H3,(H,25,27,29)/t13-/m1/s1. The lowest BCUT2D eigenvalue weighted by molar-refractivity contribution is -0.141. The predicted molar refractivity (Wildman–Crippen MR) is 113 cm³/mol. The van der Waals surface area contributed by atoms with Crippen molar-refractivity contribution in [1.82, 2.24) is 24.3 Å². The Labute approximate surface area is 181 Å². The van der Waals surface area contributed by atoms with Crippen LogP contribution in [0.1, 0.15) is 24.4 Å². The minimum atomic E-state index is -4.51. The molecule has 0 bridgehead atoms. The highest BCUT2D eigenvalue weighted by Crippen LogP contribution is 2.31. The molecule has 4 aromatic heterocycles. The van der Waals surface area contributed by atoms with Crippen LogP contribution in [0.5, 0.6) is 0 Å². The SMILES string of the molecule is C[C@@H](Nc1nc2nccn2c2cnc(N3CCOCC3)cc12)c1cccc(C(F)(F)F)n1. The number of imidazole rings is 1. The molecular weight excluding hydrogens is 423 g/mol. The van der Waals surface area contributed by atoms with Gasteiger partial charge in [-0.3, -0.25) is 4.40 Å². The molecule has 1 N–H and O–H groups in total. The van der Waals surface area contributed by atoms with Gasteiger partial charge in [0, 0.05) is 30.9 Å². The number of alkyl halides is 3. The molecule has 0 aliphatic carbocycles. The van der Waals surface area contributed by atoms with E-state index in [1.54, 1.807) is 31.6 Å². The second kappa shape index (κ2) is 7.90. The topological polar surface area (TPSA) is 80.5 Å². The molecule has 4 aromatic rings. The Morgan fingerprint density at radius 2 is 1.94 bits per heavy atom. The van der Waals surface area contributed by atoms with Gasteiger partial charge in [0.05, 0.1) is 36.7 Å². The maximum Gasteiger partial charge on any atom is 0.433 e. The van der Waals surface area contributed by atoms with Crippen molar-refractivity contribution in [2.75, 3.05) is 36.5 Å². The largest absolute Gasteiger partial charge is 0.433 e. The normalized spacial score (nSPS) is 15.9. The van der Waals surface area contributed by atoms with Crippen molar-refractivity contribution in [3.8, 4) is 0 Å². The highest BCUT2D eigenvalue weighted by atomic mass is 19.4. The molecule has 0 unspecified atom stereocenters. The third kappa shape index (κ3) is 3.79. The molecule has 166 valence electrons. The number of ether oxygens (including phenoxy) is 1. The smallest absolute Gasteiger partial charge is 0.378 e. The number of nitrogens with one attached hydrogen (secondary N) is 1. The van der Waals surface area contributed by atoms with E-state index in [1.807, 2.05) is 10.5 Å². The summed E-state index contributed by atoms with van der Waals surface area (Å²) < 4.78 is 46.5. The van der Waals surface area contributed by atoms with E-state index in [-0.39, 0.29) is 5.69 Å². The molecule has 1 aliphatic heterocycles. The predicted octanol–water partition coefficient (Wildman–Crippen LogP) is 3.70. The van der Waals surface area contributed by atoms with Gasteiger partial charge in [-0.1, -0.05) is 6.07 Å². The van der Waals surface area contributed by atoms with Gasteiger partial charge in [-0.2, -0.15) is 18.2 Å². The zero-order valence-corrected chi connectivity index (χ0v) is 17.2. The van der Waals surface area contributed by atoms with E-state index in [4.69, 9.17) is 4.74 Å². The molecule has 11 heteroatoms. The summed E-state index contributed by atoms with van der Waals surface area (Å²) in [6.07, 6.45) is 0.685. The number of fused-ring (bicyclic) bond motifs is 3. The molecule has 0 radical (unpaired) electrons. The van der Waals surface area contributed by atoms with Gasteiger partial charge in [-0.15, -0.1) is 0 Å². The summed E-state index contributed by atoms with van der Waals surface area (Å²) in [5.74, 6) is 1.75. The molecule has 1 fully saturated rings. The number of pyridine rings is 2. The van der Waals surface area contributed by atoms with Gasteiger partial charge in [0.2, 0.25) is 5.78 Å². The third-order valence-corrected chi connectivity index (χ3v) is 5.41. The summed E-state index contributed by atoms with van der Waals surface area (Å²) in [7, 11) is 0. The Hall–Kier alpha value is -3.47. The van der Waals surface area contributed by atoms with E-state index in [0.29, 0.717) is 24.8 Å². The lowest BCUT2D eigenvalue weighted by Crippen LogP contribution is -2.36. The van der Waals surface area contributed by atoms with Crippen molar-refractivity contribution < 1.29 is 17.9 Å². The van der Waals surface area contributed by atoms with E-state index < -0.39 is 17.9 Å². The van der Waals surface area contributed by atoms with Crippen LogP contribution in [0.2, 0.25) is 0 Å².